The van der Waals surface area contributed by atoms with Crippen LogP contribution in [-0.4, -0.2) is 32.5 Å². The van der Waals surface area contributed by atoms with E-state index in [0.717, 1.165) is 27.8 Å². The maximum Gasteiger partial charge on any atom is 0.303 e. The number of hydrogen-bond donors (Lipinski definition) is 3. The molecule has 3 N–H and O–H groups in total. The van der Waals surface area contributed by atoms with Gasteiger partial charge < -0.3 is 20.2 Å². The molecule has 0 aliphatic heterocycles. The second kappa shape index (κ2) is 12.9. The predicted octanol–water partition coefficient (Wildman–Crippen LogP) is 5.51. The smallest absolute Gasteiger partial charge is 0.303 e. The number of hydrogen-bond acceptors (Lipinski definition) is 5. The Bertz CT molecular complexity index is 1640. The molecule has 0 radical (unpaired) electrons. The van der Waals surface area contributed by atoms with Gasteiger partial charge in [0.15, 0.2) is 0 Å². The van der Waals surface area contributed by atoms with Crippen molar-refractivity contribution >= 4 is 23.3 Å². The van der Waals surface area contributed by atoms with E-state index in [9.17, 15) is 24.0 Å². The normalized spacial score (nSPS) is 12.1. The molecule has 1 heterocycles. The van der Waals surface area contributed by atoms with E-state index in [1.54, 1.807) is 37.5 Å². The standard InChI is InChI=1S/C32H30FN3O5/c1-20-17-25(33)10-13-27(20)32(28(35-41)18-21-3-15-30(38)36(2)19-21)24-6-4-22(5-7-24)23-8-11-26(12-9-23)34-29(37)14-16-31(39)40/h3-13,15,17,19,32,41H,14,16,18H2,1-2H3,(H,34,37)(H,39,40). The van der Waals surface area contributed by atoms with Crippen LogP contribution in [0.25, 0.3) is 11.1 Å². The number of amides is 1. The molecular weight excluding hydrogens is 525 g/mol. The molecule has 0 saturated carbocycles. The van der Waals surface area contributed by atoms with Crippen molar-refractivity contribution in [3.05, 3.63) is 123 Å². The van der Waals surface area contributed by atoms with E-state index in [1.807, 2.05) is 43.3 Å². The Morgan fingerprint density at radius 3 is 2.20 bits per heavy atom. The van der Waals surface area contributed by atoms with Crippen LogP contribution in [0, 0.1) is 12.7 Å². The molecule has 9 heteroatoms. The Morgan fingerprint density at radius 2 is 1.61 bits per heavy atom. The van der Waals surface area contributed by atoms with Crippen LogP contribution >= 0.6 is 0 Å². The number of benzene rings is 3. The molecule has 1 unspecified atom stereocenters. The van der Waals surface area contributed by atoms with Gasteiger partial charge in [-0.25, -0.2) is 4.39 Å². The van der Waals surface area contributed by atoms with Gasteiger partial charge in [0, 0.05) is 37.8 Å². The highest BCUT2D eigenvalue weighted by Gasteiger charge is 2.24. The van der Waals surface area contributed by atoms with Crippen molar-refractivity contribution in [2.75, 3.05) is 5.32 Å². The van der Waals surface area contributed by atoms with E-state index in [4.69, 9.17) is 5.11 Å². The third-order valence-electron chi connectivity index (χ3n) is 6.85. The Kier molecular flexibility index (Phi) is 9.08. The average molecular weight is 556 g/mol. The molecule has 4 aromatic rings. The lowest BCUT2D eigenvalue weighted by Crippen LogP contribution is -2.20. The number of pyridine rings is 1. The van der Waals surface area contributed by atoms with Crippen molar-refractivity contribution in [1.29, 1.82) is 0 Å². The van der Waals surface area contributed by atoms with Crippen molar-refractivity contribution in [1.82, 2.24) is 4.57 Å². The second-order valence-corrected chi connectivity index (χ2v) is 9.83. The number of aromatic nitrogens is 1. The van der Waals surface area contributed by atoms with Crippen LogP contribution in [0.15, 0.2) is 95.0 Å². The molecule has 4 rings (SSSR count). The summed E-state index contributed by atoms with van der Waals surface area (Å²) in [4.78, 5) is 34.4. The summed E-state index contributed by atoms with van der Waals surface area (Å²) in [5.41, 5.74) is 5.79. The summed E-state index contributed by atoms with van der Waals surface area (Å²) in [6, 6.07) is 22.6. The van der Waals surface area contributed by atoms with Gasteiger partial charge in [-0.05, 0) is 64.6 Å². The Hall–Kier alpha value is -5.05. The largest absolute Gasteiger partial charge is 0.481 e. The van der Waals surface area contributed by atoms with Gasteiger partial charge in [-0.2, -0.15) is 0 Å². The quantitative estimate of drug-likeness (QED) is 0.135. The number of aryl methyl sites for hydroxylation is 2. The van der Waals surface area contributed by atoms with Crippen molar-refractivity contribution < 1.29 is 24.3 Å². The zero-order valence-electron chi connectivity index (χ0n) is 22.7. The number of carbonyl (C=O) groups is 2. The first-order valence-electron chi connectivity index (χ1n) is 13.0. The summed E-state index contributed by atoms with van der Waals surface area (Å²) in [7, 11) is 1.65. The van der Waals surface area contributed by atoms with Crippen molar-refractivity contribution in [3.8, 4) is 11.1 Å². The van der Waals surface area contributed by atoms with E-state index in [1.165, 1.54) is 22.8 Å². The Labute approximate surface area is 236 Å². The van der Waals surface area contributed by atoms with E-state index in [2.05, 4.69) is 10.5 Å². The number of aliphatic carboxylic acids is 1. The van der Waals surface area contributed by atoms with Crippen LogP contribution in [0.1, 0.15) is 41.0 Å². The topological polar surface area (TPSA) is 121 Å². The van der Waals surface area contributed by atoms with Gasteiger partial charge >= 0.3 is 5.97 Å². The third-order valence-corrected chi connectivity index (χ3v) is 6.85. The monoisotopic (exact) mass is 555 g/mol. The van der Waals surface area contributed by atoms with Crippen LogP contribution in [0.4, 0.5) is 10.1 Å². The minimum atomic E-state index is -1.03. The highest BCUT2D eigenvalue weighted by Crippen LogP contribution is 2.32. The second-order valence-electron chi connectivity index (χ2n) is 9.83. The molecule has 0 bridgehead atoms. The van der Waals surface area contributed by atoms with Gasteiger partial charge in [0.2, 0.25) is 11.5 Å². The molecule has 0 spiro atoms. The highest BCUT2D eigenvalue weighted by molar-refractivity contribution is 5.95. The van der Waals surface area contributed by atoms with E-state index in [0.29, 0.717) is 17.0 Å². The maximum absolute atomic E-state index is 14.0. The molecule has 0 fully saturated rings. The lowest BCUT2D eigenvalue weighted by atomic mass is 9.82. The summed E-state index contributed by atoms with van der Waals surface area (Å²) in [6.45, 7) is 1.81. The van der Waals surface area contributed by atoms with Gasteiger partial charge in [-0.15, -0.1) is 0 Å². The molecule has 41 heavy (non-hydrogen) atoms. The van der Waals surface area contributed by atoms with Gasteiger partial charge in [0.25, 0.3) is 0 Å². The SMILES string of the molecule is Cc1cc(F)ccc1C(C(Cc1ccc(=O)n(C)c1)=NO)c1ccc(-c2ccc(NC(=O)CCC(=O)O)cc2)cc1. The van der Waals surface area contributed by atoms with Crippen LogP contribution in [0.3, 0.4) is 0 Å². The van der Waals surface area contributed by atoms with Crippen LogP contribution in [-0.2, 0) is 23.1 Å². The number of halogens is 1. The summed E-state index contributed by atoms with van der Waals surface area (Å²) in [5.74, 6) is -2.23. The molecule has 1 atom stereocenters. The minimum absolute atomic E-state index is 0.102. The summed E-state index contributed by atoms with van der Waals surface area (Å²) < 4.78 is 15.4. The Balaban J connectivity index is 1.62. The number of nitrogens with one attached hydrogen (secondary N) is 1. The molecule has 8 nitrogen and oxygen atoms in total. The van der Waals surface area contributed by atoms with Crippen LogP contribution in [0.5, 0.6) is 0 Å². The molecule has 1 aromatic heterocycles. The van der Waals surface area contributed by atoms with Gasteiger partial charge in [-0.1, -0.05) is 53.7 Å². The van der Waals surface area contributed by atoms with Crippen LogP contribution in [0.2, 0.25) is 0 Å². The number of carboxylic acid groups (broad SMARTS) is 1. The fraction of sp³-hybridized carbons (Fsp3) is 0.188. The molecule has 0 aliphatic rings. The third kappa shape index (κ3) is 7.33. The molecule has 0 saturated heterocycles. The summed E-state index contributed by atoms with van der Waals surface area (Å²) in [6.07, 6.45) is 1.63. The number of oxime groups is 1. The zero-order valence-corrected chi connectivity index (χ0v) is 22.7. The van der Waals surface area contributed by atoms with E-state index < -0.39 is 11.9 Å². The molecule has 1 amide bonds. The zero-order chi connectivity index (χ0) is 29.5. The number of rotatable bonds is 10. The maximum atomic E-state index is 14.0. The average Bonchev–Trinajstić information content (AvgIpc) is 2.95. The van der Waals surface area contributed by atoms with Gasteiger partial charge in [0.1, 0.15) is 5.82 Å². The fourth-order valence-corrected chi connectivity index (χ4v) is 4.73. The molecular formula is C32H30FN3O5. The number of anilines is 1. The Morgan fingerprint density at radius 1 is 0.951 bits per heavy atom. The summed E-state index contributed by atoms with van der Waals surface area (Å²) >= 11 is 0. The summed E-state index contributed by atoms with van der Waals surface area (Å²) in [5, 5.41) is 25.2. The molecule has 0 aliphatic carbocycles. The van der Waals surface area contributed by atoms with Crippen molar-refractivity contribution in [2.45, 2.75) is 32.1 Å². The highest BCUT2D eigenvalue weighted by atomic mass is 19.1. The number of carbonyl (C=O) groups excluding carboxylic acids is 1. The predicted molar refractivity (Wildman–Crippen MR) is 155 cm³/mol. The van der Waals surface area contributed by atoms with Crippen molar-refractivity contribution in [3.63, 3.8) is 0 Å². The lowest BCUT2D eigenvalue weighted by Gasteiger charge is -2.22. The fourth-order valence-electron chi connectivity index (χ4n) is 4.73. The number of nitrogens with zero attached hydrogens (tertiary/aromatic N) is 2. The van der Waals surface area contributed by atoms with Gasteiger partial charge in [-0.3, -0.25) is 14.4 Å². The minimum Gasteiger partial charge on any atom is -0.481 e. The van der Waals surface area contributed by atoms with Crippen LogP contribution < -0.4 is 10.9 Å². The first-order valence-corrected chi connectivity index (χ1v) is 13.0. The van der Waals surface area contributed by atoms with Crippen molar-refractivity contribution in [2.24, 2.45) is 12.2 Å². The molecule has 3 aromatic carbocycles. The van der Waals surface area contributed by atoms with E-state index >= 15 is 0 Å². The number of carboxylic acids is 1. The first-order chi connectivity index (χ1) is 19.6. The van der Waals surface area contributed by atoms with Gasteiger partial charge in [0.05, 0.1) is 18.1 Å². The molecule has 210 valence electrons. The lowest BCUT2D eigenvalue weighted by molar-refractivity contribution is -0.138. The first kappa shape index (κ1) is 28.9. The van der Waals surface area contributed by atoms with E-state index in [-0.39, 0.29) is 36.5 Å².